The Morgan fingerprint density at radius 3 is 3.17 bits per heavy atom. The van der Waals surface area contributed by atoms with Crippen molar-refractivity contribution in [3.8, 4) is 0 Å². The molecule has 1 aliphatic rings. The Morgan fingerprint density at radius 2 is 2.58 bits per heavy atom. The van der Waals surface area contributed by atoms with Gasteiger partial charge < -0.3 is 10.4 Å². The Labute approximate surface area is 72.5 Å². The van der Waals surface area contributed by atoms with E-state index in [-0.39, 0.29) is 6.04 Å². The first kappa shape index (κ1) is 9.26. The van der Waals surface area contributed by atoms with Gasteiger partial charge in [-0.15, -0.1) is 0 Å². The highest BCUT2D eigenvalue weighted by Crippen LogP contribution is 2.11. The lowest BCUT2D eigenvalue weighted by atomic mass is 10.0. The van der Waals surface area contributed by atoms with Crippen molar-refractivity contribution in [2.24, 2.45) is 0 Å². The Balaban J connectivity index is 2.57. The van der Waals surface area contributed by atoms with E-state index in [0.29, 0.717) is 12.0 Å². The molecule has 3 heteroatoms. The van der Waals surface area contributed by atoms with Crippen LogP contribution in [0.2, 0.25) is 0 Å². The number of carbonyl (C=O) groups is 1. The number of hydrogen-bond acceptors (Lipinski definition) is 2. The van der Waals surface area contributed by atoms with E-state index in [1.807, 2.05) is 6.08 Å². The van der Waals surface area contributed by atoms with Crippen molar-refractivity contribution in [2.45, 2.75) is 32.2 Å². The summed E-state index contributed by atoms with van der Waals surface area (Å²) in [6, 6.07) is 0.273. The van der Waals surface area contributed by atoms with Crippen LogP contribution in [-0.2, 0) is 4.79 Å². The number of rotatable bonds is 3. The third-order valence-electron chi connectivity index (χ3n) is 2.08. The lowest BCUT2D eigenvalue weighted by molar-refractivity contribution is -0.132. The fourth-order valence-electron chi connectivity index (χ4n) is 1.45. The summed E-state index contributed by atoms with van der Waals surface area (Å²) < 4.78 is 0. The maximum absolute atomic E-state index is 10.6. The van der Waals surface area contributed by atoms with Gasteiger partial charge in [0.15, 0.2) is 0 Å². The molecule has 1 rings (SSSR count). The zero-order valence-electron chi connectivity index (χ0n) is 7.34. The molecule has 0 aromatic carbocycles. The van der Waals surface area contributed by atoms with Crippen molar-refractivity contribution >= 4 is 5.97 Å². The molecule has 0 aromatic heterocycles. The molecule has 0 amide bonds. The van der Waals surface area contributed by atoms with Crippen LogP contribution in [0.25, 0.3) is 0 Å². The van der Waals surface area contributed by atoms with Crippen molar-refractivity contribution in [2.75, 3.05) is 6.54 Å². The van der Waals surface area contributed by atoms with Crippen LogP contribution >= 0.6 is 0 Å². The molecule has 0 aromatic rings. The largest absolute Gasteiger partial charge is 0.478 e. The summed E-state index contributed by atoms with van der Waals surface area (Å²) in [7, 11) is 0. The highest BCUT2D eigenvalue weighted by Gasteiger charge is 2.15. The Morgan fingerprint density at radius 1 is 1.83 bits per heavy atom. The van der Waals surface area contributed by atoms with E-state index in [0.717, 1.165) is 19.4 Å². The van der Waals surface area contributed by atoms with Crippen molar-refractivity contribution in [1.29, 1.82) is 0 Å². The Bertz CT molecular complexity index is 199. The zero-order chi connectivity index (χ0) is 8.97. The normalized spacial score (nSPS) is 23.4. The molecule has 2 N–H and O–H groups in total. The molecule has 0 radical (unpaired) electrons. The van der Waals surface area contributed by atoms with Gasteiger partial charge in [-0.05, 0) is 19.4 Å². The van der Waals surface area contributed by atoms with Crippen LogP contribution in [0.4, 0.5) is 0 Å². The van der Waals surface area contributed by atoms with E-state index in [9.17, 15) is 4.79 Å². The quantitative estimate of drug-likeness (QED) is 0.666. The fraction of sp³-hybridized carbons (Fsp3) is 0.667. The van der Waals surface area contributed by atoms with Gasteiger partial charge in [-0.2, -0.15) is 0 Å². The molecule has 12 heavy (non-hydrogen) atoms. The van der Waals surface area contributed by atoms with Crippen molar-refractivity contribution in [3.05, 3.63) is 11.6 Å². The first-order valence-corrected chi connectivity index (χ1v) is 4.41. The number of carboxylic acids is 1. The van der Waals surface area contributed by atoms with Crippen LogP contribution in [0.15, 0.2) is 11.6 Å². The maximum atomic E-state index is 10.6. The van der Waals surface area contributed by atoms with E-state index < -0.39 is 5.97 Å². The molecule has 0 spiro atoms. The van der Waals surface area contributed by atoms with E-state index in [2.05, 4.69) is 12.2 Å². The van der Waals surface area contributed by atoms with Gasteiger partial charge in [0, 0.05) is 11.6 Å². The molecule has 1 heterocycles. The number of carboxylic acid groups (broad SMARTS) is 1. The predicted octanol–water partition coefficient (Wildman–Crippen LogP) is 1.16. The second-order valence-corrected chi connectivity index (χ2v) is 3.10. The molecule has 3 nitrogen and oxygen atoms in total. The second kappa shape index (κ2) is 4.26. The summed E-state index contributed by atoms with van der Waals surface area (Å²) >= 11 is 0. The van der Waals surface area contributed by atoms with E-state index in [4.69, 9.17) is 5.11 Å². The third kappa shape index (κ3) is 2.34. The molecular formula is C9H15NO2. The average Bonchev–Trinajstić information content (AvgIpc) is 2.05. The van der Waals surface area contributed by atoms with Gasteiger partial charge in [0.2, 0.25) is 0 Å². The molecule has 0 saturated heterocycles. The Kier molecular flexibility index (Phi) is 3.29. The predicted molar refractivity (Wildman–Crippen MR) is 47.0 cm³/mol. The molecular weight excluding hydrogens is 154 g/mol. The molecule has 1 atom stereocenters. The molecule has 0 bridgehead atoms. The van der Waals surface area contributed by atoms with Crippen LogP contribution < -0.4 is 5.32 Å². The van der Waals surface area contributed by atoms with Gasteiger partial charge in [-0.25, -0.2) is 4.79 Å². The minimum absolute atomic E-state index is 0.273. The highest BCUT2D eigenvalue weighted by atomic mass is 16.4. The minimum Gasteiger partial charge on any atom is -0.478 e. The average molecular weight is 169 g/mol. The van der Waals surface area contributed by atoms with Gasteiger partial charge in [0.25, 0.3) is 0 Å². The molecule has 0 saturated carbocycles. The molecule has 1 aliphatic heterocycles. The Hall–Kier alpha value is -0.830. The van der Waals surface area contributed by atoms with Gasteiger partial charge in [0.1, 0.15) is 0 Å². The van der Waals surface area contributed by atoms with Gasteiger partial charge >= 0.3 is 5.97 Å². The molecule has 1 unspecified atom stereocenters. The highest BCUT2D eigenvalue weighted by molar-refractivity contribution is 5.86. The summed E-state index contributed by atoms with van der Waals surface area (Å²) in [5.41, 5.74) is 0.562. The van der Waals surface area contributed by atoms with Crippen molar-refractivity contribution in [1.82, 2.24) is 5.32 Å². The summed E-state index contributed by atoms with van der Waals surface area (Å²) in [5.74, 6) is -0.766. The van der Waals surface area contributed by atoms with E-state index in [1.165, 1.54) is 0 Å². The first-order chi connectivity index (χ1) is 5.74. The zero-order valence-corrected chi connectivity index (χ0v) is 7.34. The summed E-state index contributed by atoms with van der Waals surface area (Å²) in [6.45, 7) is 2.90. The number of aliphatic carboxylic acids is 1. The summed E-state index contributed by atoms with van der Waals surface area (Å²) in [6.07, 6.45) is 4.60. The number of nitrogens with one attached hydrogen (secondary N) is 1. The van der Waals surface area contributed by atoms with Crippen LogP contribution in [0.5, 0.6) is 0 Å². The monoisotopic (exact) mass is 169 g/mol. The molecule has 0 fully saturated rings. The minimum atomic E-state index is -0.766. The van der Waals surface area contributed by atoms with Gasteiger partial charge in [-0.1, -0.05) is 19.4 Å². The van der Waals surface area contributed by atoms with Crippen molar-refractivity contribution in [3.63, 3.8) is 0 Å². The number of hydrogen-bond donors (Lipinski definition) is 2. The van der Waals surface area contributed by atoms with Crippen molar-refractivity contribution < 1.29 is 9.90 Å². The summed E-state index contributed by atoms with van der Waals surface area (Å²) in [4.78, 5) is 10.6. The second-order valence-electron chi connectivity index (χ2n) is 3.10. The molecule has 68 valence electrons. The standard InChI is InChI=1S/C9H15NO2/c1-2-3-8-6-7(9(11)12)4-5-10-8/h6,8,10H,2-5H2,1H3,(H,11,12). The smallest absolute Gasteiger partial charge is 0.331 e. The van der Waals surface area contributed by atoms with Crippen LogP contribution in [-0.4, -0.2) is 23.7 Å². The summed E-state index contributed by atoms with van der Waals surface area (Å²) in [5, 5.41) is 12.0. The van der Waals surface area contributed by atoms with Crippen LogP contribution in [0.1, 0.15) is 26.2 Å². The van der Waals surface area contributed by atoms with E-state index >= 15 is 0 Å². The fourth-order valence-corrected chi connectivity index (χ4v) is 1.45. The SMILES string of the molecule is CCCC1C=C(C(=O)O)CCN1. The van der Waals surface area contributed by atoms with Crippen LogP contribution in [0, 0.1) is 0 Å². The lowest BCUT2D eigenvalue weighted by Crippen LogP contribution is -2.33. The van der Waals surface area contributed by atoms with Crippen LogP contribution in [0.3, 0.4) is 0 Å². The molecule has 0 aliphatic carbocycles. The van der Waals surface area contributed by atoms with Gasteiger partial charge in [0.05, 0.1) is 0 Å². The lowest BCUT2D eigenvalue weighted by Gasteiger charge is -2.20. The topological polar surface area (TPSA) is 49.3 Å². The van der Waals surface area contributed by atoms with E-state index in [1.54, 1.807) is 0 Å². The first-order valence-electron chi connectivity index (χ1n) is 4.41. The third-order valence-corrected chi connectivity index (χ3v) is 2.08. The van der Waals surface area contributed by atoms with Gasteiger partial charge in [-0.3, -0.25) is 0 Å². The maximum Gasteiger partial charge on any atom is 0.331 e.